The van der Waals surface area contributed by atoms with Gasteiger partial charge in [0.15, 0.2) is 5.96 Å². The minimum Gasteiger partial charge on any atom is -0.497 e. The molecule has 1 unspecified atom stereocenters. The highest BCUT2D eigenvalue weighted by Gasteiger charge is 2.24. The number of hydrogen-bond acceptors (Lipinski definition) is 4. The van der Waals surface area contributed by atoms with Crippen LogP contribution in [0.15, 0.2) is 53.5 Å². The van der Waals surface area contributed by atoms with Crippen LogP contribution in [0.5, 0.6) is 11.5 Å². The van der Waals surface area contributed by atoms with Crippen LogP contribution in [0, 0.1) is 5.92 Å². The summed E-state index contributed by atoms with van der Waals surface area (Å²) in [4.78, 5) is 6.74. The lowest BCUT2D eigenvalue weighted by Gasteiger charge is -2.21. The number of ether oxygens (including phenoxy) is 2. The molecule has 0 aliphatic carbocycles. The molecule has 7 heteroatoms. The zero-order chi connectivity index (χ0) is 19.8. The van der Waals surface area contributed by atoms with Crippen molar-refractivity contribution >= 4 is 35.6 Å². The van der Waals surface area contributed by atoms with Gasteiger partial charge in [-0.3, -0.25) is 4.99 Å². The Morgan fingerprint density at radius 2 is 1.83 bits per heavy atom. The molecule has 0 bridgehead atoms. The van der Waals surface area contributed by atoms with Crippen molar-refractivity contribution in [3.63, 3.8) is 0 Å². The SMILES string of the molecule is CN=C(NCc1ccc(OC)cc1)NCC1CCN(c2ccccc2OC)C1.I. The van der Waals surface area contributed by atoms with Crippen molar-refractivity contribution in [2.24, 2.45) is 10.9 Å². The van der Waals surface area contributed by atoms with Gasteiger partial charge >= 0.3 is 0 Å². The summed E-state index contributed by atoms with van der Waals surface area (Å²) in [5.74, 6) is 3.20. The van der Waals surface area contributed by atoms with Crippen LogP contribution in [0.3, 0.4) is 0 Å². The van der Waals surface area contributed by atoms with Crippen LogP contribution in [0.1, 0.15) is 12.0 Å². The van der Waals surface area contributed by atoms with Gasteiger partial charge in [-0.1, -0.05) is 24.3 Å². The lowest BCUT2D eigenvalue weighted by molar-refractivity contribution is 0.414. The Balaban J connectivity index is 0.00000300. The molecule has 1 atom stereocenters. The molecule has 0 radical (unpaired) electrons. The standard InChI is InChI=1S/C22H30N4O2.HI/c1-23-22(24-14-17-8-10-19(27-2)11-9-17)25-15-18-12-13-26(16-18)20-6-4-5-7-21(20)28-3;/h4-11,18H,12-16H2,1-3H3,(H2,23,24,25);1H. The van der Waals surface area contributed by atoms with Gasteiger partial charge in [0, 0.05) is 33.2 Å². The number of halogens is 1. The maximum absolute atomic E-state index is 5.50. The Hall–Kier alpha value is -2.16. The molecule has 1 saturated heterocycles. The molecule has 29 heavy (non-hydrogen) atoms. The van der Waals surface area contributed by atoms with Crippen molar-refractivity contribution in [3.05, 3.63) is 54.1 Å². The molecule has 2 aromatic rings. The van der Waals surface area contributed by atoms with Crippen molar-refractivity contribution in [1.29, 1.82) is 0 Å². The minimum atomic E-state index is 0. The summed E-state index contributed by atoms with van der Waals surface area (Å²) in [6.45, 7) is 3.68. The van der Waals surface area contributed by atoms with Crippen molar-refractivity contribution in [2.45, 2.75) is 13.0 Å². The van der Waals surface area contributed by atoms with E-state index >= 15 is 0 Å². The smallest absolute Gasteiger partial charge is 0.191 e. The van der Waals surface area contributed by atoms with Crippen molar-refractivity contribution in [2.75, 3.05) is 45.8 Å². The highest BCUT2D eigenvalue weighted by atomic mass is 127. The number of para-hydroxylation sites is 2. The Kier molecular flexibility index (Phi) is 9.37. The first-order valence-electron chi connectivity index (χ1n) is 9.69. The van der Waals surface area contributed by atoms with Gasteiger partial charge in [-0.2, -0.15) is 0 Å². The topological polar surface area (TPSA) is 58.1 Å². The van der Waals surface area contributed by atoms with E-state index in [2.05, 4.69) is 44.8 Å². The van der Waals surface area contributed by atoms with E-state index in [0.717, 1.165) is 50.1 Å². The summed E-state index contributed by atoms with van der Waals surface area (Å²) in [5, 5.41) is 6.83. The normalized spacial score (nSPS) is 16.2. The fourth-order valence-electron chi connectivity index (χ4n) is 3.50. The van der Waals surface area contributed by atoms with Crippen LogP contribution in [0.2, 0.25) is 0 Å². The summed E-state index contributed by atoms with van der Waals surface area (Å²) < 4.78 is 10.7. The number of hydrogen-bond donors (Lipinski definition) is 2. The molecule has 1 aliphatic rings. The molecule has 0 amide bonds. The second-order valence-electron chi connectivity index (χ2n) is 6.93. The summed E-state index contributed by atoms with van der Waals surface area (Å²) >= 11 is 0. The van der Waals surface area contributed by atoms with E-state index in [-0.39, 0.29) is 24.0 Å². The molecule has 2 N–H and O–H groups in total. The molecule has 158 valence electrons. The Morgan fingerprint density at radius 3 is 2.52 bits per heavy atom. The summed E-state index contributed by atoms with van der Waals surface area (Å²) in [6.07, 6.45) is 1.15. The Bertz CT molecular complexity index is 783. The summed E-state index contributed by atoms with van der Waals surface area (Å²) in [5.41, 5.74) is 2.36. The number of benzene rings is 2. The van der Waals surface area contributed by atoms with Gasteiger partial charge in [0.1, 0.15) is 11.5 Å². The van der Waals surface area contributed by atoms with Crippen molar-refractivity contribution in [3.8, 4) is 11.5 Å². The van der Waals surface area contributed by atoms with E-state index in [0.29, 0.717) is 5.92 Å². The van der Waals surface area contributed by atoms with Gasteiger partial charge in [0.2, 0.25) is 0 Å². The average Bonchev–Trinajstić information content (AvgIpc) is 3.23. The molecular formula is C22H31IN4O2. The van der Waals surface area contributed by atoms with Crippen LogP contribution >= 0.6 is 24.0 Å². The maximum atomic E-state index is 5.50. The second-order valence-corrected chi connectivity index (χ2v) is 6.93. The number of nitrogens with zero attached hydrogens (tertiary/aromatic N) is 2. The van der Waals surface area contributed by atoms with Crippen LogP contribution in [0.4, 0.5) is 5.69 Å². The first-order chi connectivity index (χ1) is 13.7. The first kappa shape index (κ1) is 23.1. The maximum Gasteiger partial charge on any atom is 0.191 e. The lowest BCUT2D eigenvalue weighted by Crippen LogP contribution is -2.39. The van der Waals surface area contributed by atoms with E-state index in [1.807, 2.05) is 24.3 Å². The van der Waals surface area contributed by atoms with E-state index in [4.69, 9.17) is 9.47 Å². The van der Waals surface area contributed by atoms with E-state index < -0.39 is 0 Å². The predicted molar refractivity (Wildman–Crippen MR) is 130 cm³/mol. The number of methoxy groups -OCH3 is 2. The molecule has 2 aromatic carbocycles. The fraction of sp³-hybridized carbons (Fsp3) is 0.409. The molecular weight excluding hydrogens is 479 g/mol. The Morgan fingerprint density at radius 1 is 1.07 bits per heavy atom. The molecule has 1 aliphatic heterocycles. The van der Waals surface area contributed by atoms with E-state index in [1.165, 1.54) is 11.3 Å². The number of guanidine groups is 1. The molecule has 1 fully saturated rings. The zero-order valence-corrected chi connectivity index (χ0v) is 19.7. The van der Waals surface area contributed by atoms with Crippen LogP contribution in [-0.2, 0) is 6.54 Å². The number of nitrogens with one attached hydrogen (secondary N) is 2. The van der Waals surface area contributed by atoms with Crippen LogP contribution < -0.4 is 25.0 Å². The third kappa shape index (κ3) is 6.42. The summed E-state index contributed by atoms with van der Waals surface area (Å²) in [7, 11) is 5.21. The fourth-order valence-corrected chi connectivity index (χ4v) is 3.50. The molecule has 0 spiro atoms. The third-order valence-corrected chi connectivity index (χ3v) is 5.11. The predicted octanol–water partition coefficient (Wildman–Crippen LogP) is 3.51. The second kappa shape index (κ2) is 11.7. The van der Waals surface area contributed by atoms with Gasteiger partial charge in [0.25, 0.3) is 0 Å². The van der Waals surface area contributed by atoms with E-state index in [1.54, 1.807) is 21.3 Å². The van der Waals surface area contributed by atoms with Gasteiger partial charge < -0.3 is 25.0 Å². The average molecular weight is 510 g/mol. The van der Waals surface area contributed by atoms with Gasteiger partial charge in [0.05, 0.1) is 19.9 Å². The van der Waals surface area contributed by atoms with Crippen LogP contribution in [0.25, 0.3) is 0 Å². The van der Waals surface area contributed by atoms with Gasteiger partial charge in [-0.25, -0.2) is 0 Å². The molecule has 3 rings (SSSR count). The number of anilines is 1. The zero-order valence-electron chi connectivity index (χ0n) is 17.4. The van der Waals surface area contributed by atoms with Crippen molar-refractivity contribution < 1.29 is 9.47 Å². The molecule has 1 heterocycles. The monoisotopic (exact) mass is 510 g/mol. The van der Waals surface area contributed by atoms with Crippen molar-refractivity contribution in [1.82, 2.24) is 10.6 Å². The van der Waals surface area contributed by atoms with E-state index in [9.17, 15) is 0 Å². The van der Waals surface area contributed by atoms with Gasteiger partial charge in [-0.05, 0) is 42.2 Å². The van der Waals surface area contributed by atoms with Crippen LogP contribution in [-0.4, -0.2) is 46.9 Å². The Labute approximate surface area is 190 Å². The van der Waals surface area contributed by atoms with Gasteiger partial charge in [-0.15, -0.1) is 24.0 Å². The highest BCUT2D eigenvalue weighted by Crippen LogP contribution is 2.31. The third-order valence-electron chi connectivity index (χ3n) is 5.11. The number of aliphatic imine (C=N–C) groups is 1. The minimum absolute atomic E-state index is 0. The quantitative estimate of drug-likeness (QED) is 0.339. The molecule has 0 aromatic heterocycles. The first-order valence-corrected chi connectivity index (χ1v) is 9.69. The largest absolute Gasteiger partial charge is 0.497 e. The lowest BCUT2D eigenvalue weighted by atomic mass is 10.1. The summed E-state index contributed by atoms with van der Waals surface area (Å²) in [6, 6.07) is 16.3. The molecule has 6 nitrogen and oxygen atoms in total. The molecule has 0 saturated carbocycles. The number of rotatable bonds is 7. The highest BCUT2D eigenvalue weighted by molar-refractivity contribution is 14.0.